The van der Waals surface area contributed by atoms with Crippen LogP contribution in [0.3, 0.4) is 0 Å². The summed E-state index contributed by atoms with van der Waals surface area (Å²) < 4.78 is 1.18. The minimum atomic E-state index is 0.503. The van der Waals surface area contributed by atoms with E-state index in [1.807, 2.05) is 6.92 Å². The lowest BCUT2D eigenvalue weighted by Gasteiger charge is -2.26. The van der Waals surface area contributed by atoms with Crippen molar-refractivity contribution in [2.75, 3.05) is 5.32 Å². The molecule has 0 bridgehead atoms. The Labute approximate surface area is 121 Å². The van der Waals surface area contributed by atoms with Crippen LogP contribution in [0.25, 0.3) is 0 Å². The van der Waals surface area contributed by atoms with Crippen molar-refractivity contribution >= 4 is 21.6 Å². The van der Waals surface area contributed by atoms with Crippen LogP contribution in [0.15, 0.2) is 22.7 Å². The van der Waals surface area contributed by atoms with Gasteiger partial charge in [-0.1, -0.05) is 22.0 Å². The van der Waals surface area contributed by atoms with Crippen molar-refractivity contribution in [1.29, 1.82) is 0 Å². The Hall–Kier alpha value is -1.29. The normalized spacial score (nSPS) is 18.2. The van der Waals surface area contributed by atoms with Crippen molar-refractivity contribution in [2.45, 2.75) is 39.2 Å². The monoisotopic (exact) mass is 319 g/mol. The quantitative estimate of drug-likeness (QED) is 0.884. The number of aryl methyl sites for hydroxylation is 3. The van der Waals surface area contributed by atoms with Gasteiger partial charge in [0.25, 0.3) is 0 Å². The Balaban J connectivity index is 1.77. The van der Waals surface area contributed by atoms with Crippen molar-refractivity contribution in [1.82, 2.24) is 10.2 Å². The lowest BCUT2D eigenvalue weighted by atomic mass is 9.88. The summed E-state index contributed by atoms with van der Waals surface area (Å²) in [6.07, 6.45) is 3.41. The number of anilines is 1. The fourth-order valence-corrected chi connectivity index (χ4v) is 3.22. The molecule has 0 fully saturated rings. The third kappa shape index (κ3) is 2.54. The van der Waals surface area contributed by atoms with E-state index in [0.29, 0.717) is 6.04 Å². The second-order valence-electron chi connectivity index (χ2n) is 5.31. The number of fused-ring (bicyclic) bond motifs is 1. The van der Waals surface area contributed by atoms with Crippen molar-refractivity contribution in [2.24, 2.45) is 0 Å². The van der Waals surface area contributed by atoms with Crippen molar-refractivity contribution in [3.05, 3.63) is 45.2 Å². The molecule has 3 rings (SSSR count). The number of aromatic amines is 1. The minimum Gasteiger partial charge on any atom is -0.379 e. The van der Waals surface area contributed by atoms with E-state index in [4.69, 9.17) is 0 Å². The summed E-state index contributed by atoms with van der Waals surface area (Å²) in [4.78, 5) is 0. The van der Waals surface area contributed by atoms with Gasteiger partial charge in [0.2, 0.25) is 0 Å². The highest BCUT2D eigenvalue weighted by atomic mass is 79.9. The number of hydrogen-bond donors (Lipinski definition) is 2. The van der Waals surface area contributed by atoms with Gasteiger partial charge in [-0.3, -0.25) is 5.10 Å². The Morgan fingerprint density at radius 2 is 2.16 bits per heavy atom. The van der Waals surface area contributed by atoms with E-state index in [9.17, 15) is 0 Å². The van der Waals surface area contributed by atoms with Crippen LogP contribution in [0.5, 0.6) is 0 Å². The van der Waals surface area contributed by atoms with Crippen LogP contribution in [0.2, 0.25) is 0 Å². The molecular weight excluding hydrogens is 302 g/mol. The maximum absolute atomic E-state index is 4.24. The summed E-state index contributed by atoms with van der Waals surface area (Å²) in [5.41, 5.74) is 6.29. The third-order valence-corrected chi connectivity index (χ3v) is 4.37. The number of nitrogens with one attached hydrogen (secondary N) is 2. The van der Waals surface area contributed by atoms with Crippen molar-refractivity contribution in [3.63, 3.8) is 0 Å². The Bertz CT molecular complexity index is 584. The molecule has 0 radical (unpaired) electrons. The third-order valence-electron chi connectivity index (χ3n) is 3.87. The lowest BCUT2D eigenvalue weighted by molar-refractivity contribution is 0.610. The molecule has 0 saturated heterocycles. The number of H-pyrrole nitrogens is 1. The molecule has 1 aliphatic rings. The highest BCUT2D eigenvalue weighted by molar-refractivity contribution is 9.10. The van der Waals surface area contributed by atoms with E-state index < -0.39 is 0 Å². The predicted octanol–water partition coefficient (Wildman–Crippen LogP) is 3.76. The average molecular weight is 320 g/mol. The van der Waals surface area contributed by atoms with Gasteiger partial charge in [-0.15, -0.1) is 0 Å². The van der Waals surface area contributed by atoms with E-state index in [2.05, 4.69) is 56.6 Å². The fourth-order valence-electron chi connectivity index (χ4n) is 2.81. The Kier molecular flexibility index (Phi) is 3.35. The molecule has 0 saturated carbocycles. The van der Waals surface area contributed by atoms with E-state index in [1.54, 1.807) is 0 Å². The zero-order valence-corrected chi connectivity index (χ0v) is 12.8. The van der Waals surface area contributed by atoms with E-state index in [-0.39, 0.29) is 0 Å². The van der Waals surface area contributed by atoms with Crippen LogP contribution in [-0.4, -0.2) is 16.2 Å². The first kappa shape index (κ1) is 12.7. The molecule has 0 aliphatic heterocycles. The zero-order valence-electron chi connectivity index (χ0n) is 11.3. The number of aromatic nitrogens is 2. The van der Waals surface area contributed by atoms with Gasteiger partial charge < -0.3 is 5.32 Å². The smallest absolute Gasteiger partial charge is 0.0825 e. The van der Waals surface area contributed by atoms with Crippen molar-refractivity contribution in [3.8, 4) is 0 Å². The van der Waals surface area contributed by atoms with Crippen LogP contribution in [-0.2, 0) is 12.8 Å². The summed E-state index contributed by atoms with van der Waals surface area (Å²) in [7, 11) is 0. The number of halogens is 1. The maximum Gasteiger partial charge on any atom is 0.0825 e. The van der Waals surface area contributed by atoms with Gasteiger partial charge in [-0.25, -0.2) is 0 Å². The first-order chi connectivity index (χ1) is 9.13. The average Bonchev–Trinajstić information content (AvgIpc) is 2.71. The molecule has 1 atom stereocenters. The van der Waals surface area contributed by atoms with Gasteiger partial charge in [0.15, 0.2) is 0 Å². The molecule has 2 N–H and O–H groups in total. The summed E-state index contributed by atoms with van der Waals surface area (Å²) >= 11 is 3.55. The summed E-state index contributed by atoms with van der Waals surface area (Å²) in [5, 5.41) is 10.9. The van der Waals surface area contributed by atoms with Crippen LogP contribution < -0.4 is 5.32 Å². The van der Waals surface area contributed by atoms with Crippen molar-refractivity contribution < 1.29 is 0 Å². The molecule has 1 aromatic carbocycles. The summed E-state index contributed by atoms with van der Waals surface area (Å²) in [6.45, 7) is 4.11. The van der Waals surface area contributed by atoms with Crippen LogP contribution >= 0.6 is 15.9 Å². The molecule has 0 amide bonds. The molecule has 1 aromatic heterocycles. The summed E-state index contributed by atoms with van der Waals surface area (Å²) in [5.74, 6) is 0. The molecule has 1 unspecified atom stereocenters. The number of nitrogens with zero attached hydrogens (tertiary/aromatic N) is 1. The van der Waals surface area contributed by atoms with E-state index >= 15 is 0 Å². The number of rotatable bonds is 2. The van der Waals surface area contributed by atoms with Gasteiger partial charge in [-0.05, 0) is 56.4 Å². The second-order valence-corrected chi connectivity index (χ2v) is 6.22. The predicted molar refractivity (Wildman–Crippen MR) is 81.6 cm³/mol. The molecular formula is C15H18BrN3. The molecule has 100 valence electrons. The van der Waals surface area contributed by atoms with Gasteiger partial charge >= 0.3 is 0 Å². The zero-order chi connectivity index (χ0) is 13.4. The molecule has 1 aliphatic carbocycles. The SMILES string of the molecule is Cc1n[nH]c(C)c1NC1CCc2cc(Br)ccc2C1. The topological polar surface area (TPSA) is 40.7 Å². The van der Waals surface area contributed by atoms with Gasteiger partial charge in [-0.2, -0.15) is 5.10 Å². The number of hydrogen-bond acceptors (Lipinski definition) is 2. The van der Waals surface area contributed by atoms with Gasteiger partial charge in [0, 0.05) is 10.5 Å². The number of benzene rings is 1. The van der Waals surface area contributed by atoms with Gasteiger partial charge in [0.05, 0.1) is 17.1 Å². The highest BCUT2D eigenvalue weighted by Gasteiger charge is 2.20. The minimum absolute atomic E-state index is 0.503. The second kappa shape index (κ2) is 5.00. The van der Waals surface area contributed by atoms with Gasteiger partial charge in [0.1, 0.15) is 0 Å². The van der Waals surface area contributed by atoms with E-state index in [0.717, 1.165) is 24.2 Å². The maximum atomic E-state index is 4.24. The lowest BCUT2D eigenvalue weighted by Crippen LogP contribution is -2.27. The van der Waals surface area contributed by atoms with Crippen LogP contribution in [0, 0.1) is 13.8 Å². The largest absolute Gasteiger partial charge is 0.379 e. The first-order valence-electron chi connectivity index (χ1n) is 6.69. The first-order valence-corrected chi connectivity index (χ1v) is 7.48. The summed E-state index contributed by atoms with van der Waals surface area (Å²) in [6, 6.07) is 7.13. The standard InChI is InChI=1S/C15H18BrN3/c1-9-15(10(2)19-18-9)17-14-6-4-11-7-13(16)5-3-12(11)8-14/h3,5,7,14,17H,4,6,8H2,1-2H3,(H,18,19). The van der Waals surface area contributed by atoms with Crippen LogP contribution in [0.4, 0.5) is 5.69 Å². The Morgan fingerprint density at radius 3 is 2.89 bits per heavy atom. The van der Waals surface area contributed by atoms with E-state index in [1.165, 1.54) is 27.7 Å². The molecule has 0 spiro atoms. The molecule has 2 aromatic rings. The fraction of sp³-hybridized carbons (Fsp3) is 0.400. The molecule has 4 heteroatoms. The van der Waals surface area contributed by atoms with Crippen LogP contribution in [0.1, 0.15) is 28.9 Å². The highest BCUT2D eigenvalue weighted by Crippen LogP contribution is 2.27. The molecule has 3 nitrogen and oxygen atoms in total. The molecule has 19 heavy (non-hydrogen) atoms. The molecule has 1 heterocycles. The Morgan fingerprint density at radius 1 is 1.32 bits per heavy atom.